The molecule has 0 aliphatic rings. The van der Waals surface area contributed by atoms with Crippen molar-refractivity contribution in [3.8, 4) is 5.88 Å². The van der Waals surface area contributed by atoms with E-state index in [1.54, 1.807) is 0 Å². The number of aromatic nitrogens is 1. The van der Waals surface area contributed by atoms with Crippen LogP contribution in [0.15, 0.2) is 48.5 Å². The Labute approximate surface area is 114 Å². The van der Waals surface area contributed by atoms with Gasteiger partial charge in [-0.25, -0.2) is 0 Å². The molecule has 0 saturated carbocycles. The minimum Gasteiger partial charge on any atom is -0.478 e. The molecule has 2 rings (SSSR count). The molecule has 1 heterocycles. The van der Waals surface area contributed by atoms with Gasteiger partial charge in [-0.15, -0.1) is 0 Å². The zero-order valence-electron chi connectivity index (χ0n) is 11.5. The summed E-state index contributed by atoms with van der Waals surface area (Å²) in [5, 5.41) is 3.40. The fourth-order valence-corrected chi connectivity index (χ4v) is 1.99. The zero-order chi connectivity index (χ0) is 13.5. The van der Waals surface area contributed by atoms with Gasteiger partial charge in [-0.3, -0.25) is 0 Å². The fraction of sp³-hybridized carbons (Fsp3) is 0.312. The summed E-state index contributed by atoms with van der Waals surface area (Å²) in [5.41, 5.74) is 1.32. The molecule has 100 valence electrons. The van der Waals surface area contributed by atoms with Crippen molar-refractivity contribution in [3.63, 3.8) is 0 Å². The van der Waals surface area contributed by atoms with Gasteiger partial charge in [-0.1, -0.05) is 36.4 Å². The summed E-state index contributed by atoms with van der Waals surface area (Å²) in [6, 6.07) is 16.6. The maximum atomic E-state index is 5.40. The lowest BCUT2D eigenvalue weighted by atomic mass is 10.1. The second-order valence-electron chi connectivity index (χ2n) is 4.53. The average Bonchev–Trinajstić information content (AvgIpc) is 2.40. The van der Waals surface area contributed by atoms with Gasteiger partial charge in [0.25, 0.3) is 0 Å². The Morgan fingerprint density at radius 1 is 1.11 bits per heavy atom. The molecule has 0 spiro atoms. The molecule has 1 unspecified atom stereocenters. The van der Waals surface area contributed by atoms with Crippen molar-refractivity contribution in [2.75, 3.05) is 11.9 Å². The van der Waals surface area contributed by atoms with E-state index in [0.29, 0.717) is 18.5 Å². The summed E-state index contributed by atoms with van der Waals surface area (Å²) in [6.45, 7) is 4.75. The average molecular weight is 256 g/mol. The molecule has 19 heavy (non-hydrogen) atoms. The van der Waals surface area contributed by atoms with Gasteiger partial charge in [0.1, 0.15) is 5.82 Å². The number of benzene rings is 1. The first-order valence-electron chi connectivity index (χ1n) is 6.68. The van der Waals surface area contributed by atoms with E-state index < -0.39 is 0 Å². The van der Waals surface area contributed by atoms with E-state index in [-0.39, 0.29) is 0 Å². The van der Waals surface area contributed by atoms with Gasteiger partial charge in [-0.2, -0.15) is 4.98 Å². The molecular formula is C16H20N2O. The highest BCUT2D eigenvalue weighted by molar-refractivity contribution is 5.38. The molecule has 0 aliphatic heterocycles. The second kappa shape index (κ2) is 6.78. The maximum Gasteiger partial charge on any atom is 0.215 e. The molecule has 3 heteroatoms. The predicted octanol–water partition coefficient (Wildman–Crippen LogP) is 3.52. The first kappa shape index (κ1) is 13.4. The molecular weight excluding hydrogens is 236 g/mol. The normalized spacial score (nSPS) is 11.9. The maximum absolute atomic E-state index is 5.40. The van der Waals surface area contributed by atoms with Crippen molar-refractivity contribution in [3.05, 3.63) is 54.1 Å². The molecule has 0 bridgehead atoms. The Bertz CT molecular complexity index is 499. The molecule has 0 aliphatic carbocycles. The third kappa shape index (κ3) is 4.28. The quantitative estimate of drug-likeness (QED) is 0.858. The molecule has 0 saturated heterocycles. The molecule has 1 aromatic heterocycles. The van der Waals surface area contributed by atoms with E-state index in [1.807, 2.05) is 31.2 Å². The van der Waals surface area contributed by atoms with Gasteiger partial charge in [-0.05, 0) is 31.9 Å². The van der Waals surface area contributed by atoms with Crippen LogP contribution >= 0.6 is 0 Å². The van der Waals surface area contributed by atoms with E-state index in [0.717, 1.165) is 12.2 Å². The summed E-state index contributed by atoms with van der Waals surface area (Å²) in [5.74, 6) is 1.52. The highest BCUT2D eigenvalue weighted by Gasteiger charge is 2.05. The third-order valence-electron chi connectivity index (χ3n) is 2.79. The molecule has 1 atom stereocenters. The van der Waals surface area contributed by atoms with Gasteiger partial charge < -0.3 is 10.1 Å². The molecule has 1 N–H and O–H groups in total. The van der Waals surface area contributed by atoms with E-state index >= 15 is 0 Å². The van der Waals surface area contributed by atoms with Gasteiger partial charge in [0, 0.05) is 12.1 Å². The van der Waals surface area contributed by atoms with Crippen LogP contribution in [-0.2, 0) is 6.42 Å². The van der Waals surface area contributed by atoms with Crippen molar-refractivity contribution in [2.24, 2.45) is 0 Å². The Morgan fingerprint density at radius 3 is 2.63 bits per heavy atom. The highest BCUT2D eigenvalue weighted by atomic mass is 16.5. The van der Waals surface area contributed by atoms with Gasteiger partial charge in [0.2, 0.25) is 5.88 Å². The van der Waals surface area contributed by atoms with Crippen LogP contribution < -0.4 is 10.1 Å². The van der Waals surface area contributed by atoms with E-state index in [1.165, 1.54) is 5.56 Å². The van der Waals surface area contributed by atoms with Crippen LogP contribution in [-0.4, -0.2) is 17.6 Å². The number of nitrogens with one attached hydrogen (secondary N) is 1. The number of anilines is 1. The summed E-state index contributed by atoms with van der Waals surface area (Å²) in [4.78, 5) is 4.41. The topological polar surface area (TPSA) is 34.1 Å². The van der Waals surface area contributed by atoms with Crippen molar-refractivity contribution in [1.82, 2.24) is 4.98 Å². The van der Waals surface area contributed by atoms with Gasteiger partial charge in [0.15, 0.2) is 0 Å². The Hall–Kier alpha value is -2.03. The molecule has 0 fully saturated rings. The van der Waals surface area contributed by atoms with Crippen molar-refractivity contribution >= 4 is 5.82 Å². The number of ether oxygens (including phenoxy) is 1. The van der Waals surface area contributed by atoms with E-state index in [2.05, 4.69) is 41.5 Å². The van der Waals surface area contributed by atoms with E-state index in [9.17, 15) is 0 Å². The fourth-order valence-electron chi connectivity index (χ4n) is 1.99. The van der Waals surface area contributed by atoms with Crippen LogP contribution in [0.5, 0.6) is 5.88 Å². The molecule has 3 nitrogen and oxygen atoms in total. The summed E-state index contributed by atoms with van der Waals surface area (Å²) in [6.07, 6.45) is 0.974. The highest BCUT2D eigenvalue weighted by Crippen LogP contribution is 2.13. The Kier molecular flexibility index (Phi) is 4.78. The van der Waals surface area contributed by atoms with Crippen LogP contribution in [0.2, 0.25) is 0 Å². The standard InChI is InChI=1S/C16H20N2O/c1-3-19-16-11-7-10-15(18-16)17-13(2)12-14-8-5-4-6-9-14/h4-11,13H,3,12H2,1-2H3,(H,17,18). The number of hydrogen-bond donors (Lipinski definition) is 1. The number of pyridine rings is 1. The predicted molar refractivity (Wildman–Crippen MR) is 78.6 cm³/mol. The molecule has 0 amide bonds. The lowest BCUT2D eigenvalue weighted by molar-refractivity contribution is 0.327. The van der Waals surface area contributed by atoms with Gasteiger partial charge >= 0.3 is 0 Å². The number of hydrogen-bond acceptors (Lipinski definition) is 3. The molecule has 2 aromatic rings. The van der Waals surface area contributed by atoms with Crippen molar-refractivity contribution in [1.29, 1.82) is 0 Å². The van der Waals surface area contributed by atoms with Gasteiger partial charge in [0.05, 0.1) is 6.61 Å². The van der Waals surface area contributed by atoms with Crippen LogP contribution in [0.1, 0.15) is 19.4 Å². The first-order valence-corrected chi connectivity index (χ1v) is 6.68. The largest absolute Gasteiger partial charge is 0.478 e. The van der Waals surface area contributed by atoms with Crippen molar-refractivity contribution in [2.45, 2.75) is 26.3 Å². The third-order valence-corrected chi connectivity index (χ3v) is 2.79. The van der Waals surface area contributed by atoms with Crippen LogP contribution in [0.25, 0.3) is 0 Å². The monoisotopic (exact) mass is 256 g/mol. The van der Waals surface area contributed by atoms with Crippen LogP contribution in [0.3, 0.4) is 0 Å². The molecule has 0 radical (unpaired) electrons. The van der Waals surface area contributed by atoms with E-state index in [4.69, 9.17) is 4.74 Å². The Morgan fingerprint density at radius 2 is 1.89 bits per heavy atom. The van der Waals surface area contributed by atoms with Crippen LogP contribution in [0, 0.1) is 0 Å². The zero-order valence-corrected chi connectivity index (χ0v) is 11.5. The lowest BCUT2D eigenvalue weighted by Gasteiger charge is -2.15. The minimum absolute atomic E-state index is 0.326. The number of nitrogens with zero attached hydrogens (tertiary/aromatic N) is 1. The Balaban J connectivity index is 1.95. The van der Waals surface area contributed by atoms with Crippen LogP contribution in [0.4, 0.5) is 5.82 Å². The van der Waals surface area contributed by atoms with Crippen molar-refractivity contribution < 1.29 is 4.74 Å². The summed E-state index contributed by atoms with van der Waals surface area (Å²) in [7, 11) is 0. The SMILES string of the molecule is CCOc1cccc(NC(C)Cc2ccccc2)n1. The minimum atomic E-state index is 0.326. The molecule has 1 aromatic carbocycles. The lowest BCUT2D eigenvalue weighted by Crippen LogP contribution is -2.18. The summed E-state index contributed by atoms with van der Waals surface area (Å²) < 4.78 is 5.40. The second-order valence-corrected chi connectivity index (χ2v) is 4.53. The number of rotatable bonds is 6. The summed E-state index contributed by atoms with van der Waals surface area (Å²) >= 11 is 0. The smallest absolute Gasteiger partial charge is 0.215 e. The first-order chi connectivity index (χ1) is 9.28.